The van der Waals surface area contributed by atoms with Gasteiger partial charge in [0, 0.05) is 18.5 Å². The SMILES string of the molecule is Fc1cc(OCCn2cccn2)ccc1Oc1ccccc1. The number of nitrogens with zero attached hydrogens (tertiary/aromatic N) is 2. The van der Waals surface area contributed by atoms with Crippen LogP contribution in [0.5, 0.6) is 17.2 Å². The summed E-state index contributed by atoms with van der Waals surface area (Å²) in [5, 5.41) is 4.07. The number of halogens is 1. The molecule has 0 spiro atoms. The Morgan fingerprint density at radius 1 is 1.00 bits per heavy atom. The van der Waals surface area contributed by atoms with Crippen molar-refractivity contribution < 1.29 is 13.9 Å². The second kappa shape index (κ2) is 6.76. The van der Waals surface area contributed by atoms with Crippen molar-refractivity contribution in [1.29, 1.82) is 0 Å². The van der Waals surface area contributed by atoms with Crippen LogP contribution in [0.15, 0.2) is 67.0 Å². The first-order chi connectivity index (χ1) is 10.8. The van der Waals surface area contributed by atoms with Crippen LogP contribution in [0.25, 0.3) is 0 Å². The van der Waals surface area contributed by atoms with Gasteiger partial charge in [-0.15, -0.1) is 0 Å². The maximum absolute atomic E-state index is 14.0. The molecule has 1 heterocycles. The predicted octanol–water partition coefficient (Wildman–Crippen LogP) is 3.89. The van der Waals surface area contributed by atoms with Crippen LogP contribution in [0.3, 0.4) is 0 Å². The molecule has 112 valence electrons. The molecule has 4 nitrogen and oxygen atoms in total. The average Bonchev–Trinajstić information content (AvgIpc) is 3.04. The molecule has 0 aliphatic carbocycles. The highest BCUT2D eigenvalue weighted by Crippen LogP contribution is 2.27. The van der Waals surface area contributed by atoms with Gasteiger partial charge in [-0.05, 0) is 30.3 Å². The van der Waals surface area contributed by atoms with Gasteiger partial charge in [-0.3, -0.25) is 4.68 Å². The van der Waals surface area contributed by atoms with E-state index >= 15 is 0 Å². The molecule has 5 heteroatoms. The molecule has 0 aliphatic rings. The van der Waals surface area contributed by atoms with Gasteiger partial charge in [0.25, 0.3) is 0 Å². The van der Waals surface area contributed by atoms with Crippen molar-refractivity contribution in [2.75, 3.05) is 6.61 Å². The summed E-state index contributed by atoms with van der Waals surface area (Å²) in [4.78, 5) is 0. The molecular weight excluding hydrogens is 283 g/mol. The minimum Gasteiger partial charge on any atom is -0.492 e. The quantitative estimate of drug-likeness (QED) is 0.692. The summed E-state index contributed by atoms with van der Waals surface area (Å²) in [6.45, 7) is 1.02. The van der Waals surface area contributed by atoms with Crippen LogP contribution in [0, 0.1) is 5.82 Å². The third-order valence-corrected chi connectivity index (χ3v) is 3.02. The zero-order valence-corrected chi connectivity index (χ0v) is 11.9. The van der Waals surface area contributed by atoms with Gasteiger partial charge < -0.3 is 9.47 Å². The predicted molar refractivity (Wildman–Crippen MR) is 80.6 cm³/mol. The number of ether oxygens (including phenoxy) is 2. The molecule has 0 aliphatic heterocycles. The molecule has 0 bridgehead atoms. The lowest BCUT2D eigenvalue weighted by Gasteiger charge is -2.10. The van der Waals surface area contributed by atoms with Gasteiger partial charge in [-0.1, -0.05) is 18.2 Å². The second-order valence-electron chi connectivity index (χ2n) is 4.62. The third-order valence-electron chi connectivity index (χ3n) is 3.02. The zero-order valence-electron chi connectivity index (χ0n) is 11.9. The zero-order chi connectivity index (χ0) is 15.2. The minimum absolute atomic E-state index is 0.172. The highest BCUT2D eigenvalue weighted by Gasteiger charge is 2.07. The molecule has 0 amide bonds. The van der Waals surface area contributed by atoms with E-state index in [1.165, 1.54) is 6.07 Å². The van der Waals surface area contributed by atoms with E-state index in [0.717, 1.165) is 0 Å². The Kier molecular flexibility index (Phi) is 4.34. The van der Waals surface area contributed by atoms with Gasteiger partial charge in [0.05, 0.1) is 6.54 Å². The standard InChI is InChI=1S/C17H15FN2O2/c18-16-13-15(21-12-11-20-10-4-9-19-20)7-8-17(16)22-14-5-2-1-3-6-14/h1-10,13H,11-12H2. The summed E-state index contributed by atoms with van der Waals surface area (Å²) < 4.78 is 26.8. The maximum Gasteiger partial charge on any atom is 0.169 e. The summed E-state index contributed by atoms with van der Waals surface area (Å²) in [6, 6.07) is 15.5. The van der Waals surface area contributed by atoms with Crippen LogP contribution in [0.2, 0.25) is 0 Å². The average molecular weight is 298 g/mol. The molecule has 3 aromatic rings. The van der Waals surface area contributed by atoms with Crippen LogP contribution in [0.4, 0.5) is 4.39 Å². The van der Waals surface area contributed by atoms with Crippen molar-refractivity contribution >= 4 is 0 Å². The molecule has 0 unspecified atom stereocenters. The summed E-state index contributed by atoms with van der Waals surface area (Å²) in [5.74, 6) is 0.768. The van der Waals surface area contributed by atoms with E-state index in [2.05, 4.69) is 5.10 Å². The summed E-state index contributed by atoms with van der Waals surface area (Å²) in [7, 11) is 0. The van der Waals surface area contributed by atoms with Crippen molar-refractivity contribution in [3.63, 3.8) is 0 Å². The Morgan fingerprint density at radius 2 is 1.86 bits per heavy atom. The lowest BCUT2D eigenvalue weighted by atomic mass is 10.3. The maximum atomic E-state index is 14.0. The number of aromatic nitrogens is 2. The smallest absolute Gasteiger partial charge is 0.169 e. The van der Waals surface area contributed by atoms with Gasteiger partial charge in [-0.25, -0.2) is 4.39 Å². The van der Waals surface area contributed by atoms with Gasteiger partial charge >= 0.3 is 0 Å². The first-order valence-electron chi connectivity index (χ1n) is 6.94. The fourth-order valence-corrected chi connectivity index (χ4v) is 1.96. The van der Waals surface area contributed by atoms with E-state index in [4.69, 9.17) is 9.47 Å². The monoisotopic (exact) mass is 298 g/mol. The van der Waals surface area contributed by atoms with Crippen LogP contribution >= 0.6 is 0 Å². The van der Waals surface area contributed by atoms with E-state index < -0.39 is 5.82 Å². The van der Waals surface area contributed by atoms with Gasteiger partial charge in [0.2, 0.25) is 0 Å². The first-order valence-corrected chi connectivity index (χ1v) is 6.94. The summed E-state index contributed by atoms with van der Waals surface area (Å²) in [6.07, 6.45) is 3.55. The van der Waals surface area contributed by atoms with E-state index in [9.17, 15) is 4.39 Å². The molecule has 0 fully saturated rings. The Balaban J connectivity index is 1.59. The van der Waals surface area contributed by atoms with Crippen molar-refractivity contribution in [2.45, 2.75) is 6.54 Å². The Labute approximate surface area is 127 Å². The van der Waals surface area contributed by atoms with Crippen LogP contribution < -0.4 is 9.47 Å². The normalized spacial score (nSPS) is 10.4. The van der Waals surface area contributed by atoms with Crippen LogP contribution in [0.1, 0.15) is 0 Å². The topological polar surface area (TPSA) is 36.3 Å². The lowest BCUT2D eigenvalue weighted by Crippen LogP contribution is -2.08. The first kappa shape index (κ1) is 14.1. The third kappa shape index (κ3) is 3.63. The fourth-order valence-electron chi connectivity index (χ4n) is 1.96. The van der Waals surface area contributed by atoms with Crippen molar-refractivity contribution in [3.05, 3.63) is 72.8 Å². The number of benzene rings is 2. The number of para-hydroxylation sites is 1. The van der Waals surface area contributed by atoms with Crippen LogP contribution in [-0.2, 0) is 6.54 Å². The fraction of sp³-hybridized carbons (Fsp3) is 0.118. The Hall–Kier alpha value is -2.82. The number of hydrogen-bond donors (Lipinski definition) is 0. The van der Waals surface area contributed by atoms with E-state index in [1.54, 1.807) is 35.1 Å². The van der Waals surface area contributed by atoms with E-state index in [-0.39, 0.29) is 5.75 Å². The molecule has 1 aromatic heterocycles. The van der Waals surface area contributed by atoms with Crippen LogP contribution in [-0.4, -0.2) is 16.4 Å². The minimum atomic E-state index is -0.458. The number of rotatable bonds is 6. The summed E-state index contributed by atoms with van der Waals surface area (Å²) in [5.41, 5.74) is 0. The molecule has 2 aromatic carbocycles. The van der Waals surface area contributed by atoms with Gasteiger partial charge in [0.1, 0.15) is 18.1 Å². The second-order valence-corrected chi connectivity index (χ2v) is 4.62. The molecule has 0 atom stereocenters. The molecule has 3 rings (SSSR count). The largest absolute Gasteiger partial charge is 0.492 e. The summed E-state index contributed by atoms with van der Waals surface area (Å²) >= 11 is 0. The molecule has 0 N–H and O–H groups in total. The van der Waals surface area contributed by atoms with Crippen molar-refractivity contribution in [2.24, 2.45) is 0 Å². The van der Waals surface area contributed by atoms with E-state index in [1.807, 2.05) is 30.5 Å². The van der Waals surface area contributed by atoms with E-state index in [0.29, 0.717) is 24.7 Å². The molecule has 22 heavy (non-hydrogen) atoms. The van der Waals surface area contributed by atoms with Gasteiger partial charge in [0.15, 0.2) is 11.6 Å². The number of hydrogen-bond acceptors (Lipinski definition) is 3. The van der Waals surface area contributed by atoms with Crippen molar-refractivity contribution in [1.82, 2.24) is 9.78 Å². The Morgan fingerprint density at radius 3 is 2.59 bits per heavy atom. The highest BCUT2D eigenvalue weighted by molar-refractivity contribution is 5.36. The molecular formula is C17H15FN2O2. The molecule has 0 radical (unpaired) electrons. The Bertz CT molecular complexity index is 715. The van der Waals surface area contributed by atoms with Gasteiger partial charge in [-0.2, -0.15) is 5.10 Å². The highest BCUT2D eigenvalue weighted by atomic mass is 19.1. The van der Waals surface area contributed by atoms with Crippen molar-refractivity contribution in [3.8, 4) is 17.2 Å². The molecule has 0 saturated carbocycles. The molecule has 0 saturated heterocycles. The lowest BCUT2D eigenvalue weighted by molar-refractivity contribution is 0.289.